The van der Waals surface area contributed by atoms with Gasteiger partial charge in [-0.05, 0) is 75.6 Å². The van der Waals surface area contributed by atoms with Gasteiger partial charge in [-0.15, -0.1) is 0 Å². The molecular weight excluding hydrogens is 423 g/mol. The van der Waals surface area contributed by atoms with Crippen LogP contribution in [0.1, 0.15) is 37.5 Å². The van der Waals surface area contributed by atoms with Gasteiger partial charge in [0.1, 0.15) is 11.8 Å². The van der Waals surface area contributed by atoms with Crippen molar-refractivity contribution >= 4 is 35.0 Å². The molecular formula is C23H28Cl2N2O3. The number of nitrogens with zero attached hydrogens (tertiary/aromatic N) is 1. The molecule has 2 rings (SSSR count). The largest absolute Gasteiger partial charge is 0.484 e. The van der Waals surface area contributed by atoms with Crippen molar-refractivity contribution in [3.8, 4) is 5.75 Å². The Morgan fingerprint density at radius 1 is 1.03 bits per heavy atom. The van der Waals surface area contributed by atoms with Crippen molar-refractivity contribution in [1.29, 1.82) is 0 Å². The number of ether oxygens (including phenoxy) is 1. The molecule has 0 spiro atoms. The van der Waals surface area contributed by atoms with Crippen LogP contribution in [0.3, 0.4) is 0 Å². The fourth-order valence-corrected chi connectivity index (χ4v) is 3.53. The van der Waals surface area contributed by atoms with Gasteiger partial charge in [-0.25, -0.2) is 0 Å². The topological polar surface area (TPSA) is 58.6 Å². The second-order valence-electron chi connectivity index (χ2n) is 7.71. The smallest absolute Gasteiger partial charge is 0.261 e. The van der Waals surface area contributed by atoms with Crippen molar-refractivity contribution in [1.82, 2.24) is 10.2 Å². The number of rotatable bonds is 8. The lowest BCUT2D eigenvalue weighted by Crippen LogP contribution is -2.50. The Balaban J connectivity index is 2.22. The molecule has 0 aliphatic heterocycles. The molecule has 0 radical (unpaired) electrons. The molecule has 0 heterocycles. The zero-order chi connectivity index (χ0) is 22.4. The van der Waals surface area contributed by atoms with Crippen LogP contribution in [0.4, 0.5) is 0 Å². The highest BCUT2D eigenvalue weighted by molar-refractivity contribution is 6.35. The lowest BCUT2D eigenvalue weighted by molar-refractivity contribution is -0.142. The van der Waals surface area contributed by atoms with Crippen LogP contribution in [0.25, 0.3) is 0 Å². The number of aryl methyl sites for hydroxylation is 2. The fraction of sp³-hybridized carbons (Fsp3) is 0.391. The number of amides is 2. The monoisotopic (exact) mass is 450 g/mol. The van der Waals surface area contributed by atoms with Crippen LogP contribution < -0.4 is 10.1 Å². The highest BCUT2D eigenvalue weighted by Crippen LogP contribution is 2.23. The third kappa shape index (κ3) is 6.92. The summed E-state index contributed by atoms with van der Waals surface area (Å²) < 4.78 is 5.73. The molecule has 0 aromatic heterocycles. The standard InChI is InChI=1S/C23H28Cl2N2O3/c1-14(2)26-23(29)17(5)27(12-18-6-7-19(24)11-21(18)25)22(28)13-30-20-9-15(3)8-16(4)10-20/h6-11,14,17H,12-13H2,1-5H3,(H,26,29)/t17-/m0/s1. The molecule has 1 atom stereocenters. The number of carbonyl (C=O) groups is 2. The first-order valence-electron chi connectivity index (χ1n) is 9.81. The molecule has 0 saturated heterocycles. The van der Waals surface area contributed by atoms with Crippen molar-refractivity contribution in [2.24, 2.45) is 0 Å². The van der Waals surface area contributed by atoms with Gasteiger partial charge in [0.25, 0.3) is 5.91 Å². The minimum absolute atomic E-state index is 0.0393. The summed E-state index contributed by atoms with van der Waals surface area (Å²) in [7, 11) is 0. The van der Waals surface area contributed by atoms with Gasteiger partial charge in [0.15, 0.2) is 6.61 Å². The minimum atomic E-state index is -0.700. The van der Waals surface area contributed by atoms with E-state index in [1.165, 1.54) is 4.90 Å². The molecule has 2 aromatic carbocycles. The number of hydrogen-bond donors (Lipinski definition) is 1. The van der Waals surface area contributed by atoms with Gasteiger partial charge in [0.2, 0.25) is 5.91 Å². The van der Waals surface area contributed by atoms with Crippen LogP contribution in [0.15, 0.2) is 36.4 Å². The lowest BCUT2D eigenvalue weighted by atomic mass is 10.1. The van der Waals surface area contributed by atoms with E-state index < -0.39 is 6.04 Å². The fourth-order valence-electron chi connectivity index (χ4n) is 3.07. The number of nitrogens with one attached hydrogen (secondary N) is 1. The van der Waals surface area contributed by atoms with Gasteiger partial charge in [0.05, 0.1) is 0 Å². The molecule has 0 aliphatic carbocycles. The third-order valence-corrected chi connectivity index (χ3v) is 5.10. The summed E-state index contributed by atoms with van der Waals surface area (Å²) >= 11 is 12.3. The minimum Gasteiger partial charge on any atom is -0.484 e. The van der Waals surface area contributed by atoms with Gasteiger partial charge in [0, 0.05) is 22.6 Å². The Labute approximate surface area is 188 Å². The summed E-state index contributed by atoms with van der Waals surface area (Å²) in [5, 5.41) is 3.79. The highest BCUT2D eigenvalue weighted by Gasteiger charge is 2.27. The van der Waals surface area contributed by atoms with Gasteiger partial charge in [-0.3, -0.25) is 9.59 Å². The van der Waals surface area contributed by atoms with Crippen LogP contribution in [-0.4, -0.2) is 35.4 Å². The second kappa shape index (κ2) is 10.7. The van der Waals surface area contributed by atoms with Crippen molar-refractivity contribution in [3.63, 3.8) is 0 Å². The quantitative estimate of drug-likeness (QED) is 0.619. The predicted octanol–water partition coefficient (Wildman–Crippen LogP) is 4.93. The van der Waals surface area contributed by atoms with E-state index in [0.717, 1.165) is 11.1 Å². The molecule has 0 aliphatic rings. The molecule has 1 N–H and O–H groups in total. The van der Waals surface area contributed by atoms with Crippen LogP contribution >= 0.6 is 23.2 Å². The zero-order valence-electron chi connectivity index (χ0n) is 18.0. The summed E-state index contributed by atoms with van der Waals surface area (Å²) in [5.74, 6) is 0.0611. The average Bonchev–Trinajstić information content (AvgIpc) is 2.63. The van der Waals surface area contributed by atoms with Crippen LogP contribution in [0.2, 0.25) is 10.0 Å². The van der Waals surface area contributed by atoms with E-state index >= 15 is 0 Å². The van der Waals surface area contributed by atoms with Crippen molar-refractivity contribution in [2.75, 3.05) is 6.61 Å². The first kappa shape index (κ1) is 24.0. The highest BCUT2D eigenvalue weighted by atomic mass is 35.5. The van der Waals surface area contributed by atoms with E-state index in [2.05, 4.69) is 5.32 Å². The lowest BCUT2D eigenvalue weighted by Gasteiger charge is -2.29. The van der Waals surface area contributed by atoms with E-state index in [0.29, 0.717) is 21.4 Å². The maximum atomic E-state index is 13.1. The zero-order valence-corrected chi connectivity index (χ0v) is 19.5. The van der Waals surface area contributed by atoms with E-state index in [4.69, 9.17) is 27.9 Å². The summed E-state index contributed by atoms with van der Waals surface area (Å²) in [5.41, 5.74) is 2.80. The number of halogens is 2. The number of benzene rings is 2. The third-order valence-electron chi connectivity index (χ3n) is 4.51. The molecule has 0 saturated carbocycles. The molecule has 2 aromatic rings. The van der Waals surface area contributed by atoms with Crippen molar-refractivity contribution < 1.29 is 14.3 Å². The van der Waals surface area contributed by atoms with Gasteiger partial charge in [-0.2, -0.15) is 0 Å². The maximum absolute atomic E-state index is 13.1. The Hall–Kier alpha value is -2.24. The normalized spacial score (nSPS) is 11.9. The SMILES string of the molecule is Cc1cc(C)cc(OCC(=O)N(Cc2ccc(Cl)cc2Cl)[C@@H](C)C(=O)NC(C)C)c1. The van der Waals surface area contributed by atoms with Crippen LogP contribution in [0.5, 0.6) is 5.75 Å². The van der Waals surface area contributed by atoms with E-state index in [1.807, 2.05) is 45.9 Å². The summed E-state index contributed by atoms with van der Waals surface area (Å²) in [6.45, 7) is 9.34. The van der Waals surface area contributed by atoms with Gasteiger partial charge >= 0.3 is 0 Å². The average molecular weight is 451 g/mol. The predicted molar refractivity (Wildman–Crippen MR) is 121 cm³/mol. The Morgan fingerprint density at radius 3 is 2.23 bits per heavy atom. The molecule has 30 heavy (non-hydrogen) atoms. The Kier molecular flexibility index (Phi) is 8.56. The van der Waals surface area contributed by atoms with E-state index in [9.17, 15) is 9.59 Å². The summed E-state index contributed by atoms with van der Waals surface area (Å²) in [6, 6.07) is 10.1. The van der Waals surface area contributed by atoms with E-state index in [1.54, 1.807) is 25.1 Å². The van der Waals surface area contributed by atoms with Crippen LogP contribution in [-0.2, 0) is 16.1 Å². The molecule has 7 heteroatoms. The summed E-state index contributed by atoms with van der Waals surface area (Å²) in [6.07, 6.45) is 0. The molecule has 0 unspecified atom stereocenters. The second-order valence-corrected chi connectivity index (χ2v) is 8.55. The molecule has 5 nitrogen and oxygen atoms in total. The molecule has 0 bridgehead atoms. The van der Waals surface area contributed by atoms with Crippen molar-refractivity contribution in [3.05, 3.63) is 63.1 Å². The maximum Gasteiger partial charge on any atom is 0.261 e. The van der Waals surface area contributed by atoms with E-state index in [-0.39, 0.29) is 31.0 Å². The van der Waals surface area contributed by atoms with Gasteiger partial charge in [-0.1, -0.05) is 35.3 Å². The van der Waals surface area contributed by atoms with Gasteiger partial charge < -0.3 is 15.0 Å². The first-order valence-corrected chi connectivity index (χ1v) is 10.6. The molecule has 0 fully saturated rings. The van der Waals surface area contributed by atoms with Crippen LogP contribution in [0, 0.1) is 13.8 Å². The molecule has 162 valence electrons. The Bertz CT molecular complexity index is 895. The molecule has 2 amide bonds. The Morgan fingerprint density at radius 2 is 1.67 bits per heavy atom. The number of hydrogen-bond acceptors (Lipinski definition) is 3. The number of carbonyl (C=O) groups excluding carboxylic acids is 2. The summed E-state index contributed by atoms with van der Waals surface area (Å²) in [4.78, 5) is 27.1. The first-order chi connectivity index (χ1) is 14.1. The van der Waals surface area contributed by atoms with Crippen molar-refractivity contribution in [2.45, 2.75) is 53.2 Å².